The molecule has 0 aromatic rings. The van der Waals surface area contributed by atoms with Crippen molar-refractivity contribution in [1.29, 1.82) is 0 Å². The van der Waals surface area contributed by atoms with Crippen LogP contribution in [-0.4, -0.2) is 35.3 Å². The Morgan fingerprint density at radius 1 is 1.28 bits per heavy atom. The SMILES string of the molecule is C=C(C)C(=O)OC1(CC)NC(=S)NC(=O)C1C(=O)OCCCCCC. The second-order valence-electron chi connectivity index (χ2n) is 6.02. The first-order valence-corrected chi connectivity index (χ1v) is 8.86. The van der Waals surface area contributed by atoms with Gasteiger partial charge in [-0.2, -0.15) is 0 Å². The molecule has 140 valence electrons. The summed E-state index contributed by atoms with van der Waals surface area (Å²) in [5.41, 5.74) is -1.44. The molecule has 0 aliphatic carbocycles. The molecule has 1 rings (SSSR count). The number of thiocarbonyl (C=S) groups is 1. The van der Waals surface area contributed by atoms with Crippen molar-refractivity contribution in [2.45, 2.75) is 58.6 Å². The van der Waals surface area contributed by atoms with Crippen LogP contribution in [0, 0.1) is 5.92 Å². The maximum absolute atomic E-state index is 12.5. The quantitative estimate of drug-likeness (QED) is 0.211. The highest BCUT2D eigenvalue weighted by Gasteiger charge is 2.54. The molecule has 0 radical (unpaired) electrons. The second kappa shape index (κ2) is 9.50. The van der Waals surface area contributed by atoms with Crippen LogP contribution in [0.5, 0.6) is 0 Å². The Hall–Kier alpha value is -1.96. The Morgan fingerprint density at radius 3 is 2.52 bits per heavy atom. The van der Waals surface area contributed by atoms with Gasteiger partial charge in [-0.3, -0.25) is 9.59 Å². The number of unbranched alkanes of at least 4 members (excludes halogenated alkanes) is 3. The predicted octanol–water partition coefficient (Wildman–Crippen LogP) is 1.96. The molecule has 0 bridgehead atoms. The van der Waals surface area contributed by atoms with Crippen molar-refractivity contribution in [3.8, 4) is 0 Å². The van der Waals surface area contributed by atoms with Crippen LogP contribution in [-0.2, 0) is 23.9 Å². The average molecular weight is 370 g/mol. The molecule has 8 heteroatoms. The van der Waals surface area contributed by atoms with E-state index in [4.69, 9.17) is 21.7 Å². The Morgan fingerprint density at radius 2 is 1.96 bits per heavy atom. The first kappa shape index (κ1) is 21.1. The molecule has 1 amide bonds. The zero-order valence-electron chi connectivity index (χ0n) is 15.0. The second-order valence-corrected chi connectivity index (χ2v) is 6.43. The summed E-state index contributed by atoms with van der Waals surface area (Å²) in [6.45, 7) is 8.97. The van der Waals surface area contributed by atoms with Crippen molar-refractivity contribution in [3.05, 3.63) is 12.2 Å². The molecule has 0 saturated carbocycles. The first-order chi connectivity index (χ1) is 11.8. The minimum Gasteiger partial charge on any atom is -0.465 e. The normalized spacial score (nSPS) is 22.6. The Labute approximate surface area is 153 Å². The van der Waals surface area contributed by atoms with E-state index in [-0.39, 0.29) is 23.7 Å². The summed E-state index contributed by atoms with van der Waals surface area (Å²) in [4.78, 5) is 36.8. The number of nitrogens with one attached hydrogen (secondary N) is 2. The van der Waals surface area contributed by atoms with E-state index in [0.29, 0.717) is 6.42 Å². The molecule has 1 aliphatic heterocycles. The van der Waals surface area contributed by atoms with Crippen LogP contribution in [0.25, 0.3) is 0 Å². The van der Waals surface area contributed by atoms with Crippen LogP contribution in [0.3, 0.4) is 0 Å². The van der Waals surface area contributed by atoms with Gasteiger partial charge >= 0.3 is 11.9 Å². The van der Waals surface area contributed by atoms with Gasteiger partial charge in [0, 0.05) is 12.0 Å². The lowest BCUT2D eigenvalue weighted by atomic mass is 9.90. The zero-order valence-corrected chi connectivity index (χ0v) is 15.8. The molecule has 1 aliphatic rings. The monoisotopic (exact) mass is 370 g/mol. The highest BCUT2D eigenvalue weighted by molar-refractivity contribution is 7.80. The van der Waals surface area contributed by atoms with Crippen LogP contribution in [0.4, 0.5) is 0 Å². The van der Waals surface area contributed by atoms with Crippen molar-refractivity contribution >= 4 is 35.2 Å². The summed E-state index contributed by atoms with van der Waals surface area (Å²) in [5.74, 6) is -3.47. The van der Waals surface area contributed by atoms with E-state index in [2.05, 4.69) is 24.1 Å². The van der Waals surface area contributed by atoms with E-state index in [1.165, 1.54) is 6.92 Å². The van der Waals surface area contributed by atoms with Gasteiger partial charge in [0.2, 0.25) is 11.6 Å². The van der Waals surface area contributed by atoms with Gasteiger partial charge in [0.15, 0.2) is 11.0 Å². The lowest BCUT2D eigenvalue weighted by Gasteiger charge is -2.41. The summed E-state index contributed by atoms with van der Waals surface area (Å²) in [6.07, 6.45) is 3.91. The number of esters is 2. The third-order valence-corrected chi connectivity index (χ3v) is 4.12. The lowest BCUT2D eigenvalue weighted by molar-refractivity contribution is -0.181. The first-order valence-electron chi connectivity index (χ1n) is 8.45. The van der Waals surface area contributed by atoms with Crippen molar-refractivity contribution in [1.82, 2.24) is 10.6 Å². The largest absolute Gasteiger partial charge is 0.465 e. The fourth-order valence-electron chi connectivity index (χ4n) is 2.48. The Bertz CT molecular complexity index is 563. The number of hydrogen-bond donors (Lipinski definition) is 2. The van der Waals surface area contributed by atoms with Crippen LogP contribution >= 0.6 is 12.2 Å². The number of amides is 1. The van der Waals surface area contributed by atoms with Gasteiger partial charge in [-0.25, -0.2) is 4.79 Å². The number of carbonyl (C=O) groups excluding carboxylic acids is 3. The molecular formula is C17H26N2O5S. The minimum atomic E-state index is -1.59. The molecule has 2 atom stereocenters. The third-order valence-electron chi connectivity index (χ3n) is 3.92. The fraction of sp³-hybridized carbons (Fsp3) is 0.647. The molecular weight excluding hydrogens is 344 g/mol. The number of rotatable bonds is 9. The number of hydrogen-bond acceptors (Lipinski definition) is 6. The zero-order chi connectivity index (χ0) is 19.0. The van der Waals surface area contributed by atoms with Crippen LogP contribution in [0.1, 0.15) is 52.9 Å². The summed E-state index contributed by atoms with van der Waals surface area (Å²) in [6, 6.07) is 0. The van der Waals surface area contributed by atoms with E-state index in [1.807, 2.05) is 0 Å². The number of ether oxygens (including phenoxy) is 2. The molecule has 25 heavy (non-hydrogen) atoms. The molecule has 2 unspecified atom stereocenters. The highest BCUT2D eigenvalue weighted by atomic mass is 32.1. The topological polar surface area (TPSA) is 93.7 Å². The molecule has 1 saturated heterocycles. The van der Waals surface area contributed by atoms with Gasteiger partial charge in [0.05, 0.1) is 6.61 Å². The molecule has 7 nitrogen and oxygen atoms in total. The molecule has 0 aromatic carbocycles. The maximum atomic E-state index is 12.5. The standard InChI is InChI=1S/C17H26N2O5S/c1-5-7-8-9-10-23-15(22)12-13(20)18-16(25)19-17(12,6-2)24-14(21)11(3)4/h12H,3,5-10H2,1-2,4H3,(H2,18,19,20,25). The minimum absolute atomic E-state index is 0.00615. The average Bonchev–Trinajstić information content (AvgIpc) is 2.53. The van der Waals surface area contributed by atoms with Gasteiger partial charge < -0.3 is 20.1 Å². The molecule has 0 aromatic heterocycles. The van der Waals surface area contributed by atoms with Crippen molar-refractivity contribution in [2.24, 2.45) is 5.92 Å². The predicted molar refractivity (Wildman–Crippen MR) is 96.4 cm³/mol. The van der Waals surface area contributed by atoms with Gasteiger partial charge in [-0.05, 0) is 25.6 Å². The summed E-state index contributed by atoms with van der Waals surface area (Å²) in [5, 5.41) is 5.13. The van der Waals surface area contributed by atoms with Crippen LogP contribution in [0.15, 0.2) is 12.2 Å². The van der Waals surface area contributed by atoms with E-state index in [1.54, 1.807) is 6.92 Å². The van der Waals surface area contributed by atoms with Gasteiger partial charge in [0.25, 0.3) is 0 Å². The fourth-order valence-corrected chi connectivity index (χ4v) is 2.75. The van der Waals surface area contributed by atoms with Crippen LogP contribution in [0.2, 0.25) is 0 Å². The van der Waals surface area contributed by atoms with E-state index in [0.717, 1.165) is 19.3 Å². The summed E-state index contributed by atoms with van der Waals surface area (Å²) < 4.78 is 10.6. The van der Waals surface area contributed by atoms with Crippen LogP contribution < -0.4 is 10.6 Å². The number of carbonyl (C=O) groups is 3. The maximum Gasteiger partial charge on any atom is 0.335 e. The smallest absolute Gasteiger partial charge is 0.335 e. The third kappa shape index (κ3) is 5.52. The Kier molecular flexibility index (Phi) is 8.02. The van der Waals surface area contributed by atoms with Gasteiger partial charge in [-0.1, -0.05) is 39.7 Å². The van der Waals surface area contributed by atoms with Crippen molar-refractivity contribution < 1.29 is 23.9 Å². The van der Waals surface area contributed by atoms with Crippen molar-refractivity contribution in [2.75, 3.05) is 6.61 Å². The van der Waals surface area contributed by atoms with E-state index < -0.39 is 29.5 Å². The molecule has 2 N–H and O–H groups in total. The molecule has 1 fully saturated rings. The van der Waals surface area contributed by atoms with Gasteiger partial charge in [-0.15, -0.1) is 0 Å². The van der Waals surface area contributed by atoms with E-state index >= 15 is 0 Å². The van der Waals surface area contributed by atoms with Gasteiger partial charge in [0.1, 0.15) is 0 Å². The van der Waals surface area contributed by atoms with Crippen molar-refractivity contribution in [3.63, 3.8) is 0 Å². The summed E-state index contributed by atoms with van der Waals surface area (Å²) >= 11 is 4.98. The molecule has 0 spiro atoms. The Balaban J connectivity index is 2.93. The lowest BCUT2D eigenvalue weighted by Crippen LogP contribution is -2.69. The summed E-state index contributed by atoms with van der Waals surface area (Å²) in [7, 11) is 0. The van der Waals surface area contributed by atoms with E-state index in [9.17, 15) is 14.4 Å². The highest BCUT2D eigenvalue weighted by Crippen LogP contribution is 2.29. The molecule has 1 heterocycles.